The number of nitrogens with zero attached hydrogens (tertiary/aromatic N) is 1. The van der Waals surface area contributed by atoms with E-state index >= 15 is 0 Å². The third-order valence-electron chi connectivity index (χ3n) is 2.68. The number of aromatic carboxylic acids is 1. The predicted molar refractivity (Wildman–Crippen MR) is 60.6 cm³/mol. The van der Waals surface area contributed by atoms with Crippen molar-refractivity contribution < 1.29 is 14.7 Å². The first-order valence-corrected chi connectivity index (χ1v) is 5.44. The molecule has 1 rings (SSSR count). The summed E-state index contributed by atoms with van der Waals surface area (Å²) in [5.74, 6) is -0.746. The van der Waals surface area contributed by atoms with Gasteiger partial charge in [-0.3, -0.25) is 0 Å². The van der Waals surface area contributed by atoms with E-state index in [4.69, 9.17) is 5.11 Å². The molecule has 0 saturated carbocycles. The quantitative estimate of drug-likeness (QED) is 0.806. The Kier molecular flexibility index (Phi) is 4.28. The molecular formula is C12H17NO3. The second-order valence-corrected chi connectivity index (χ2v) is 3.96. The summed E-state index contributed by atoms with van der Waals surface area (Å²) in [5, 5.41) is 8.80. The van der Waals surface area contributed by atoms with Gasteiger partial charge < -0.3 is 14.5 Å². The van der Waals surface area contributed by atoms with Crippen molar-refractivity contribution in [3.8, 4) is 0 Å². The maximum atomic E-state index is 10.9. The van der Waals surface area contributed by atoms with Crippen LogP contribution in [0.2, 0.25) is 0 Å². The van der Waals surface area contributed by atoms with E-state index in [1.54, 1.807) is 25.4 Å². The van der Waals surface area contributed by atoms with Crippen molar-refractivity contribution in [3.05, 3.63) is 24.0 Å². The summed E-state index contributed by atoms with van der Waals surface area (Å²) in [6, 6.07) is 1.79. The van der Waals surface area contributed by atoms with E-state index in [2.05, 4.69) is 0 Å². The van der Waals surface area contributed by atoms with Crippen LogP contribution in [0.25, 0.3) is 0 Å². The molecule has 0 amide bonds. The molecule has 0 aliphatic heterocycles. The molecular weight excluding hydrogens is 206 g/mol. The van der Waals surface area contributed by atoms with Crippen molar-refractivity contribution in [2.75, 3.05) is 0 Å². The lowest BCUT2D eigenvalue weighted by Crippen LogP contribution is -2.08. The molecule has 0 spiro atoms. The standard InChI is InChI=1S/C12H17NO3/c1-3-11(5-4-9(2)14)13-7-6-10(8-13)12(15)16/h6-8,11H,3-5H2,1-2H3,(H,15,16). The third kappa shape index (κ3) is 3.22. The number of carbonyl (C=O) groups is 2. The lowest BCUT2D eigenvalue weighted by atomic mass is 10.1. The lowest BCUT2D eigenvalue weighted by molar-refractivity contribution is -0.117. The van der Waals surface area contributed by atoms with Gasteiger partial charge >= 0.3 is 5.97 Å². The summed E-state index contributed by atoms with van der Waals surface area (Å²) < 4.78 is 1.88. The van der Waals surface area contributed by atoms with Crippen LogP contribution in [0.1, 0.15) is 49.5 Å². The van der Waals surface area contributed by atoms with Gasteiger partial charge in [0.05, 0.1) is 5.56 Å². The van der Waals surface area contributed by atoms with E-state index in [1.165, 1.54) is 0 Å². The molecule has 0 aliphatic rings. The number of hydrogen-bond acceptors (Lipinski definition) is 2. The molecule has 0 saturated heterocycles. The zero-order valence-electron chi connectivity index (χ0n) is 9.64. The minimum Gasteiger partial charge on any atom is -0.478 e. The van der Waals surface area contributed by atoms with Crippen molar-refractivity contribution in [3.63, 3.8) is 0 Å². The molecule has 0 aromatic carbocycles. The van der Waals surface area contributed by atoms with E-state index in [0.29, 0.717) is 12.0 Å². The summed E-state index contributed by atoms with van der Waals surface area (Å²) in [6.45, 7) is 3.61. The first-order chi connectivity index (χ1) is 7.54. The van der Waals surface area contributed by atoms with Gasteiger partial charge in [-0.15, -0.1) is 0 Å². The smallest absolute Gasteiger partial charge is 0.337 e. The van der Waals surface area contributed by atoms with E-state index < -0.39 is 5.97 Å². The zero-order valence-corrected chi connectivity index (χ0v) is 9.64. The van der Waals surface area contributed by atoms with Crippen molar-refractivity contribution in [1.29, 1.82) is 0 Å². The molecule has 0 bridgehead atoms. The van der Waals surface area contributed by atoms with Crippen LogP contribution in [-0.2, 0) is 4.79 Å². The third-order valence-corrected chi connectivity index (χ3v) is 2.68. The van der Waals surface area contributed by atoms with Gasteiger partial charge in [0.2, 0.25) is 0 Å². The summed E-state index contributed by atoms with van der Waals surface area (Å²) in [4.78, 5) is 21.6. The average molecular weight is 223 g/mol. The van der Waals surface area contributed by atoms with Crippen LogP contribution < -0.4 is 0 Å². The molecule has 1 N–H and O–H groups in total. The maximum Gasteiger partial charge on any atom is 0.337 e. The number of rotatable bonds is 6. The number of carbonyl (C=O) groups excluding carboxylic acids is 1. The summed E-state index contributed by atoms with van der Waals surface area (Å²) in [7, 11) is 0. The highest BCUT2D eigenvalue weighted by molar-refractivity contribution is 5.87. The molecule has 0 aliphatic carbocycles. The fourth-order valence-corrected chi connectivity index (χ4v) is 1.70. The highest BCUT2D eigenvalue weighted by Gasteiger charge is 2.12. The van der Waals surface area contributed by atoms with Crippen LogP contribution in [0.3, 0.4) is 0 Å². The van der Waals surface area contributed by atoms with Crippen molar-refractivity contribution in [2.24, 2.45) is 0 Å². The van der Waals surface area contributed by atoms with E-state index in [-0.39, 0.29) is 11.8 Å². The molecule has 0 fully saturated rings. The molecule has 1 aromatic heterocycles. The molecule has 16 heavy (non-hydrogen) atoms. The maximum absolute atomic E-state index is 10.9. The monoisotopic (exact) mass is 223 g/mol. The van der Waals surface area contributed by atoms with Crippen LogP contribution in [0.15, 0.2) is 18.5 Å². The average Bonchev–Trinajstić information content (AvgIpc) is 2.67. The van der Waals surface area contributed by atoms with Gasteiger partial charge in [0.1, 0.15) is 5.78 Å². The number of ketones is 1. The van der Waals surface area contributed by atoms with Crippen LogP contribution in [0.5, 0.6) is 0 Å². The fraction of sp³-hybridized carbons (Fsp3) is 0.500. The Balaban J connectivity index is 2.70. The second-order valence-electron chi connectivity index (χ2n) is 3.96. The Bertz CT molecular complexity index is 381. The first-order valence-electron chi connectivity index (χ1n) is 5.44. The van der Waals surface area contributed by atoms with Crippen LogP contribution in [-0.4, -0.2) is 21.4 Å². The summed E-state index contributed by atoms with van der Waals surface area (Å²) in [6.07, 6.45) is 5.58. The molecule has 1 heterocycles. The Hall–Kier alpha value is -1.58. The highest BCUT2D eigenvalue weighted by atomic mass is 16.4. The molecule has 1 aromatic rings. The van der Waals surface area contributed by atoms with Crippen LogP contribution >= 0.6 is 0 Å². The van der Waals surface area contributed by atoms with E-state index in [9.17, 15) is 9.59 Å². The lowest BCUT2D eigenvalue weighted by Gasteiger charge is -2.16. The largest absolute Gasteiger partial charge is 0.478 e. The molecule has 0 radical (unpaired) electrons. The van der Waals surface area contributed by atoms with Gasteiger partial charge in [-0.05, 0) is 25.8 Å². The Morgan fingerprint density at radius 1 is 1.50 bits per heavy atom. The molecule has 88 valence electrons. The number of carboxylic acids is 1. The Labute approximate surface area is 94.9 Å². The van der Waals surface area contributed by atoms with Gasteiger partial charge in [0.15, 0.2) is 0 Å². The minimum atomic E-state index is -0.917. The van der Waals surface area contributed by atoms with E-state index in [1.807, 2.05) is 11.5 Å². The Morgan fingerprint density at radius 2 is 2.19 bits per heavy atom. The predicted octanol–water partition coefficient (Wildman–Crippen LogP) is 2.51. The normalized spacial score (nSPS) is 12.4. The van der Waals surface area contributed by atoms with Crippen molar-refractivity contribution in [1.82, 2.24) is 4.57 Å². The summed E-state index contributed by atoms with van der Waals surface area (Å²) >= 11 is 0. The summed E-state index contributed by atoms with van der Waals surface area (Å²) in [5.41, 5.74) is 0.293. The fourth-order valence-electron chi connectivity index (χ4n) is 1.70. The second kappa shape index (κ2) is 5.49. The van der Waals surface area contributed by atoms with E-state index in [0.717, 1.165) is 12.8 Å². The number of aromatic nitrogens is 1. The van der Waals surface area contributed by atoms with Gasteiger partial charge in [-0.1, -0.05) is 6.92 Å². The first kappa shape index (κ1) is 12.5. The SMILES string of the molecule is CCC(CCC(C)=O)n1ccc(C(=O)O)c1. The minimum absolute atomic E-state index is 0.170. The van der Waals surface area contributed by atoms with Crippen LogP contribution in [0, 0.1) is 0 Å². The molecule has 1 unspecified atom stereocenters. The van der Waals surface area contributed by atoms with Gasteiger partial charge in [0, 0.05) is 24.9 Å². The molecule has 4 heteroatoms. The molecule has 4 nitrogen and oxygen atoms in total. The van der Waals surface area contributed by atoms with Gasteiger partial charge in [-0.25, -0.2) is 4.79 Å². The van der Waals surface area contributed by atoms with Crippen molar-refractivity contribution >= 4 is 11.8 Å². The number of Topliss-reactive ketones (excluding diaryl/α,β-unsaturated/α-hetero) is 1. The van der Waals surface area contributed by atoms with Crippen LogP contribution in [0.4, 0.5) is 0 Å². The molecule has 1 atom stereocenters. The zero-order chi connectivity index (χ0) is 12.1. The van der Waals surface area contributed by atoms with Crippen molar-refractivity contribution in [2.45, 2.75) is 39.2 Å². The van der Waals surface area contributed by atoms with Gasteiger partial charge in [0.25, 0.3) is 0 Å². The number of hydrogen-bond donors (Lipinski definition) is 1. The topological polar surface area (TPSA) is 59.3 Å². The Morgan fingerprint density at radius 3 is 2.62 bits per heavy atom. The highest BCUT2D eigenvalue weighted by Crippen LogP contribution is 2.19. The van der Waals surface area contributed by atoms with Gasteiger partial charge in [-0.2, -0.15) is 0 Å². The number of carboxylic acid groups (broad SMARTS) is 1.